The molecule has 1 aromatic heterocycles. The minimum absolute atomic E-state index is 0.465. The molecule has 4 heteroatoms. The van der Waals surface area contributed by atoms with E-state index in [0.29, 0.717) is 11.3 Å². The number of nitrogens with zero attached hydrogens (tertiary/aromatic N) is 2. The number of benzene rings is 1. The Bertz CT molecular complexity index is 476. The number of fused-ring (bicyclic) bond motifs is 1. The zero-order valence-corrected chi connectivity index (χ0v) is 8.56. The largest absolute Gasteiger partial charge is 0.443 e. The molecule has 1 heterocycles. The topological polar surface area (TPSA) is 55.5 Å². The van der Waals surface area contributed by atoms with Gasteiger partial charge in [-0.15, -0.1) is 4.91 Å². The molecule has 0 saturated heterocycles. The molecule has 0 N–H and O–H groups in total. The van der Waals surface area contributed by atoms with Gasteiger partial charge in [0.25, 0.3) is 0 Å². The van der Waals surface area contributed by atoms with Crippen molar-refractivity contribution < 1.29 is 4.42 Å². The Morgan fingerprint density at radius 1 is 1.47 bits per heavy atom. The molecule has 78 valence electrons. The Hall–Kier alpha value is -1.71. The molecular weight excluding hydrogens is 192 g/mol. The lowest BCUT2D eigenvalue weighted by molar-refractivity contribution is 0.596. The second-order valence-corrected chi connectivity index (χ2v) is 3.46. The van der Waals surface area contributed by atoms with Crippen LogP contribution in [0.5, 0.6) is 0 Å². The van der Waals surface area contributed by atoms with Crippen LogP contribution in [0.2, 0.25) is 0 Å². The Labute approximate surface area is 87.3 Å². The van der Waals surface area contributed by atoms with Crippen molar-refractivity contribution in [2.75, 3.05) is 0 Å². The number of oxazole rings is 1. The minimum Gasteiger partial charge on any atom is -0.443 e. The minimum atomic E-state index is 0.465. The highest BCUT2D eigenvalue weighted by atomic mass is 16.3. The first kappa shape index (κ1) is 9.83. The van der Waals surface area contributed by atoms with Crippen LogP contribution in [0.15, 0.2) is 28.1 Å². The SMILES string of the molecule is CCCCc1c(N=O)ccc2ncoc12. The Morgan fingerprint density at radius 3 is 3.07 bits per heavy atom. The second-order valence-electron chi connectivity index (χ2n) is 3.46. The van der Waals surface area contributed by atoms with E-state index < -0.39 is 0 Å². The van der Waals surface area contributed by atoms with Gasteiger partial charge in [0.1, 0.15) is 11.2 Å². The molecule has 0 radical (unpaired) electrons. The molecule has 0 bridgehead atoms. The smallest absolute Gasteiger partial charge is 0.181 e. The molecule has 4 nitrogen and oxygen atoms in total. The predicted octanol–water partition coefficient (Wildman–Crippen LogP) is 3.57. The van der Waals surface area contributed by atoms with Crippen LogP contribution in [0.4, 0.5) is 5.69 Å². The van der Waals surface area contributed by atoms with Gasteiger partial charge in [0.05, 0.1) is 0 Å². The molecule has 0 aliphatic heterocycles. The van der Waals surface area contributed by atoms with E-state index in [2.05, 4.69) is 17.1 Å². The maximum absolute atomic E-state index is 10.6. The number of hydrogen-bond acceptors (Lipinski definition) is 4. The summed E-state index contributed by atoms with van der Waals surface area (Å²) in [6.45, 7) is 2.11. The first-order valence-electron chi connectivity index (χ1n) is 5.05. The van der Waals surface area contributed by atoms with E-state index in [1.54, 1.807) is 12.1 Å². The standard InChI is InChI=1S/C11H12N2O2/c1-2-3-4-8-9(13-14)5-6-10-11(8)15-7-12-10/h5-7H,2-4H2,1H3. The number of unbranched alkanes of at least 4 members (excludes halogenated alkanes) is 1. The van der Waals surface area contributed by atoms with Crippen molar-refractivity contribution in [3.8, 4) is 0 Å². The van der Waals surface area contributed by atoms with E-state index in [9.17, 15) is 4.91 Å². The Balaban J connectivity index is 2.52. The van der Waals surface area contributed by atoms with Gasteiger partial charge < -0.3 is 4.42 Å². The molecule has 0 amide bonds. The molecule has 0 aliphatic carbocycles. The van der Waals surface area contributed by atoms with Crippen molar-refractivity contribution in [2.24, 2.45) is 5.18 Å². The molecule has 0 aliphatic rings. The normalized spacial score (nSPS) is 10.7. The molecular formula is C11H12N2O2. The van der Waals surface area contributed by atoms with Crippen LogP contribution in [-0.4, -0.2) is 4.98 Å². The first-order valence-corrected chi connectivity index (χ1v) is 5.05. The molecule has 1 aromatic carbocycles. The summed E-state index contributed by atoms with van der Waals surface area (Å²) < 4.78 is 5.28. The van der Waals surface area contributed by atoms with Gasteiger partial charge >= 0.3 is 0 Å². The maximum atomic E-state index is 10.6. The second kappa shape index (κ2) is 4.21. The Kier molecular flexibility index (Phi) is 2.76. The maximum Gasteiger partial charge on any atom is 0.181 e. The molecule has 2 aromatic rings. The van der Waals surface area contributed by atoms with Crippen LogP contribution < -0.4 is 0 Å². The van der Waals surface area contributed by atoms with Gasteiger partial charge in [-0.25, -0.2) is 4.98 Å². The van der Waals surface area contributed by atoms with E-state index >= 15 is 0 Å². The van der Waals surface area contributed by atoms with Crippen LogP contribution in [0.3, 0.4) is 0 Å². The predicted molar refractivity (Wildman–Crippen MR) is 58.1 cm³/mol. The summed E-state index contributed by atoms with van der Waals surface area (Å²) in [4.78, 5) is 14.7. The third-order valence-corrected chi connectivity index (χ3v) is 2.46. The van der Waals surface area contributed by atoms with Gasteiger partial charge in [0, 0.05) is 5.56 Å². The van der Waals surface area contributed by atoms with Crippen molar-refractivity contribution >= 4 is 16.8 Å². The highest BCUT2D eigenvalue weighted by Crippen LogP contribution is 2.29. The number of aryl methyl sites for hydroxylation is 1. The summed E-state index contributed by atoms with van der Waals surface area (Å²) in [5.41, 5.74) is 2.82. The van der Waals surface area contributed by atoms with E-state index in [4.69, 9.17) is 4.42 Å². The lowest BCUT2D eigenvalue weighted by Gasteiger charge is -2.02. The monoisotopic (exact) mass is 204 g/mol. The highest BCUT2D eigenvalue weighted by Gasteiger charge is 2.11. The summed E-state index contributed by atoms with van der Waals surface area (Å²) >= 11 is 0. The Morgan fingerprint density at radius 2 is 2.33 bits per heavy atom. The van der Waals surface area contributed by atoms with Gasteiger partial charge in [-0.2, -0.15) is 0 Å². The van der Waals surface area contributed by atoms with Crippen LogP contribution >= 0.6 is 0 Å². The zero-order chi connectivity index (χ0) is 10.7. The fourth-order valence-electron chi connectivity index (χ4n) is 1.65. The van der Waals surface area contributed by atoms with Gasteiger partial charge in [0.15, 0.2) is 12.0 Å². The summed E-state index contributed by atoms with van der Waals surface area (Å²) in [7, 11) is 0. The lowest BCUT2D eigenvalue weighted by atomic mass is 10.1. The van der Waals surface area contributed by atoms with Crippen molar-refractivity contribution in [1.82, 2.24) is 4.98 Å². The van der Waals surface area contributed by atoms with Gasteiger partial charge in [-0.1, -0.05) is 13.3 Å². The van der Waals surface area contributed by atoms with E-state index in [0.717, 1.165) is 30.3 Å². The van der Waals surface area contributed by atoms with Crippen molar-refractivity contribution in [3.05, 3.63) is 29.0 Å². The average Bonchev–Trinajstić information content (AvgIpc) is 2.73. The van der Waals surface area contributed by atoms with E-state index in [1.165, 1.54) is 6.39 Å². The van der Waals surface area contributed by atoms with Crippen molar-refractivity contribution in [2.45, 2.75) is 26.2 Å². The lowest BCUT2D eigenvalue weighted by Crippen LogP contribution is -1.86. The summed E-state index contributed by atoms with van der Waals surface area (Å²) in [6, 6.07) is 3.45. The molecule has 0 spiro atoms. The fraction of sp³-hybridized carbons (Fsp3) is 0.364. The van der Waals surface area contributed by atoms with Crippen LogP contribution in [0.1, 0.15) is 25.3 Å². The first-order chi connectivity index (χ1) is 7.36. The quantitative estimate of drug-likeness (QED) is 0.715. The highest BCUT2D eigenvalue weighted by molar-refractivity contribution is 5.81. The van der Waals surface area contributed by atoms with E-state index in [-0.39, 0.29) is 0 Å². The van der Waals surface area contributed by atoms with Crippen LogP contribution in [0.25, 0.3) is 11.1 Å². The third-order valence-electron chi connectivity index (χ3n) is 2.46. The zero-order valence-electron chi connectivity index (χ0n) is 8.56. The molecule has 0 unspecified atom stereocenters. The third kappa shape index (κ3) is 1.75. The summed E-state index contributed by atoms with van der Waals surface area (Å²) in [6.07, 6.45) is 4.30. The van der Waals surface area contributed by atoms with Crippen LogP contribution in [-0.2, 0) is 6.42 Å². The van der Waals surface area contributed by atoms with E-state index in [1.807, 2.05) is 0 Å². The fourth-order valence-corrected chi connectivity index (χ4v) is 1.65. The number of aromatic nitrogens is 1. The molecule has 0 atom stereocenters. The van der Waals surface area contributed by atoms with Gasteiger partial charge in [0.2, 0.25) is 0 Å². The molecule has 0 fully saturated rings. The van der Waals surface area contributed by atoms with Gasteiger partial charge in [-0.05, 0) is 30.2 Å². The molecule has 15 heavy (non-hydrogen) atoms. The summed E-state index contributed by atoms with van der Waals surface area (Å²) in [5, 5.41) is 3.02. The molecule has 0 saturated carbocycles. The van der Waals surface area contributed by atoms with Gasteiger partial charge in [-0.3, -0.25) is 0 Å². The van der Waals surface area contributed by atoms with Crippen molar-refractivity contribution in [3.63, 3.8) is 0 Å². The molecule has 2 rings (SSSR count). The van der Waals surface area contributed by atoms with Crippen molar-refractivity contribution in [1.29, 1.82) is 0 Å². The average molecular weight is 204 g/mol. The van der Waals surface area contributed by atoms with Crippen LogP contribution in [0, 0.1) is 4.91 Å². The number of rotatable bonds is 4. The number of hydrogen-bond donors (Lipinski definition) is 0. The number of nitroso groups, excluding NO2 is 1. The summed E-state index contributed by atoms with van der Waals surface area (Å²) in [5.74, 6) is 0.